The number of hydrogen-bond donors (Lipinski definition) is 0. The van der Waals surface area contributed by atoms with E-state index >= 15 is 0 Å². The van der Waals surface area contributed by atoms with Gasteiger partial charge in [-0.05, 0) is 49.2 Å². The average molecular weight is 512 g/mol. The van der Waals surface area contributed by atoms with Gasteiger partial charge in [0.15, 0.2) is 12.4 Å². The Bertz CT molecular complexity index is 1380. The van der Waals surface area contributed by atoms with Gasteiger partial charge in [-0.2, -0.15) is 10.1 Å². The average Bonchev–Trinajstić information content (AvgIpc) is 3.55. The molecule has 1 aliphatic rings. The van der Waals surface area contributed by atoms with Gasteiger partial charge in [-0.15, -0.1) is 0 Å². The number of fused-ring (bicyclic) bond motifs is 1. The Morgan fingerprint density at radius 2 is 1.83 bits per heavy atom. The van der Waals surface area contributed by atoms with Crippen molar-refractivity contribution in [2.45, 2.75) is 38.2 Å². The van der Waals surface area contributed by atoms with E-state index in [0.29, 0.717) is 59.3 Å². The van der Waals surface area contributed by atoms with Crippen molar-refractivity contribution in [3.63, 3.8) is 0 Å². The van der Waals surface area contributed by atoms with Crippen molar-refractivity contribution in [3.05, 3.63) is 71.2 Å². The number of halogens is 2. The lowest BCUT2D eigenvalue weighted by Gasteiger charge is -2.30. The predicted molar refractivity (Wildman–Crippen MR) is 128 cm³/mol. The van der Waals surface area contributed by atoms with E-state index in [4.69, 9.17) is 20.9 Å². The number of nitrogens with zero attached hydrogens (tertiary/aromatic N) is 5. The molecule has 2 aromatic heterocycles. The standard InChI is InChI=1S/C25H23ClFN5O4/c26-20-2-1-3-21-19(20)14-28-32(21)24(34)9-8-23(33)31-12-10-16(11-13-31)25-29-22(36-30-25)15-35-18-6-4-17(27)5-7-18/h1-7,14,16H,8-13,15H2. The van der Waals surface area contributed by atoms with Gasteiger partial charge in [-0.3, -0.25) is 9.59 Å². The first-order valence-electron chi connectivity index (χ1n) is 11.6. The summed E-state index contributed by atoms with van der Waals surface area (Å²) in [5.74, 6) is 0.828. The molecule has 0 N–H and O–H groups in total. The van der Waals surface area contributed by atoms with Crippen molar-refractivity contribution in [2.24, 2.45) is 0 Å². The third kappa shape index (κ3) is 5.23. The van der Waals surface area contributed by atoms with Gasteiger partial charge in [-0.1, -0.05) is 22.8 Å². The van der Waals surface area contributed by atoms with E-state index in [1.165, 1.54) is 28.9 Å². The number of likely N-dealkylation sites (tertiary alicyclic amines) is 1. The van der Waals surface area contributed by atoms with Crippen LogP contribution in [0.4, 0.5) is 4.39 Å². The van der Waals surface area contributed by atoms with E-state index in [9.17, 15) is 14.0 Å². The zero-order valence-electron chi connectivity index (χ0n) is 19.3. The predicted octanol–water partition coefficient (Wildman–Crippen LogP) is 4.62. The van der Waals surface area contributed by atoms with Crippen LogP contribution in [0.2, 0.25) is 5.02 Å². The molecule has 1 aliphatic heterocycles. The van der Waals surface area contributed by atoms with Crippen LogP contribution in [0.1, 0.15) is 48.1 Å². The molecule has 0 radical (unpaired) electrons. The Balaban J connectivity index is 1.09. The van der Waals surface area contributed by atoms with E-state index in [1.807, 2.05) is 0 Å². The molecule has 36 heavy (non-hydrogen) atoms. The number of aromatic nitrogens is 4. The molecule has 0 atom stereocenters. The maximum absolute atomic E-state index is 13.0. The Labute approximate surface area is 210 Å². The molecule has 0 saturated carbocycles. The lowest BCUT2D eigenvalue weighted by molar-refractivity contribution is -0.132. The Kier molecular flexibility index (Phi) is 6.95. The molecule has 0 spiro atoms. The fourth-order valence-electron chi connectivity index (χ4n) is 4.25. The van der Waals surface area contributed by atoms with Crippen LogP contribution in [-0.2, 0) is 11.4 Å². The number of rotatable bonds is 7. The second kappa shape index (κ2) is 10.4. The number of carbonyl (C=O) groups excluding carboxylic acids is 2. The second-order valence-electron chi connectivity index (χ2n) is 8.57. The largest absolute Gasteiger partial charge is 0.484 e. The summed E-state index contributed by atoms with van der Waals surface area (Å²) in [6.07, 6.45) is 3.11. The molecule has 5 rings (SSSR count). The summed E-state index contributed by atoms with van der Waals surface area (Å²) in [4.78, 5) is 31.5. The molecule has 2 aromatic carbocycles. The van der Waals surface area contributed by atoms with Gasteiger partial charge in [0, 0.05) is 37.2 Å². The second-order valence-corrected chi connectivity index (χ2v) is 8.97. The van der Waals surface area contributed by atoms with Crippen LogP contribution in [-0.4, -0.2) is 49.7 Å². The number of carbonyl (C=O) groups is 2. The highest BCUT2D eigenvalue weighted by Gasteiger charge is 2.27. The monoisotopic (exact) mass is 511 g/mol. The summed E-state index contributed by atoms with van der Waals surface area (Å²) < 4.78 is 25.1. The summed E-state index contributed by atoms with van der Waals surface area (Å²) in [6, 6.07) is 11.0. The summed E-state index contributed by atoms with van der Waals surface area (Å²) in [5.41, 5.74) is 0.628. The number of ether oxygens (including phenoxy) is 1. The molecule has 0 aliphatic carbocycles. The zero-order valence-corrected chi connectivity index (χ0v) is 20.0. The number of amides is 1. The first kappa shape index (κ1) is 23.9. The summed E-state index contributed by atoms with van der Waals surface area (Å²) in [5, 5.41) is 9.43. The molecule has 186 valence electrons. The molecule has 1 fully saturated rings. The summed E-state index contributed by atoms with van der Waals surface area (Å²) >= 11 is 6.15. The fourth-order valence-corrected chi connectivity index (χ4v) is 4.47. The summed E-state index contributed by atoms with van der Waals surface area (Å²) in [6.45, 7) is 1.18. The van der Waals surface area contributed by atoms with Crippen LogP contribution >= 0.6 is 11.6 Å². The lowest BCUT2D eigenvalue weighted by Crippen LogP contribution is -2.38. The smallest absolute Gasteiger partial charge is 0.264 e. The van der Waals surface area contributed by atoms with Crippen molar-refractivity contribution in [2.75, 3.05) is 13.1 Å². The molecule has 0 unspecified atom stereocenters. The van der Waals surface area contributed by atoms with E-state index in [0.717, 1.165) is 0 Å². The van der Waals surface area contributed by atoms with Crippen molar-refractivity contribution < 1.29 is 23.2 Å². The van der Waals surface area contributed by atoms with Gasteiger partial charge < -0.3 is 14.2 Å². The van der Waals surface area contributed by atoms with Crippen molar-refractivity contribution in [1.82, 2.24) is 24.8 Å². The van der Waals surface area contributed by atoms with Crippen LogP contribution in [0, 0.1) is 5.82 Å². The normalized spacial score (nSPS) is 14.3. The highest BCUT2D eigenvalue weighted by atomic mass is 35.5. The van der Waals surface area contributed by atoms with Crippen molar-refractivity contribution >= 4 is 34.3 Å². The van der Waals surface area contributed by atoms with Crippen LogP contribution in [0.15, 0.2) is 53.2 Å². The highest BCUT2D eigenvalue weighted by Crippen LogP contribution is 2.27. The molecule has 0 bridgehead atoms. The van der Waals surface area contributed by atoms with Gasteiger partial charge >= 0.3 is 0 Å². The van der Waals surface area contributed by atoms with Crippen molar-refractivity contribution in [1.29, 1.82) is 0 Å². The Morgan fingerprint density at radius 3 is 2.61 bits per heavy atom. The third-order valence-corrected chi connectivity index (χ3v) is 6.55. The van der Waals surface area contributed by atoms with E-state index < -0.39 is 0 Å². The Hall–Kier alpha value is -3.79. The molecular weight excluding hydrogens is 489 g/mol. The van der Waals surface area contributed by atoms with Crippen LogP contribution in [0.5, 0.6) is 5.75 Å². The van der Waals surface area contributed by atoms with Gasteiger partial charge in [0.1, 0.15) is 11.6 Å². The van der Waals surface area contributed by atoms with Gasteiger partial charge in [0.05, 0.1) is 16.7 Å². The third-order valence-electron chi connectivity index (χ3n) is 6.22. The molecule has 3 heterocycles. The summed E-state index contributed by atoms with van der Waals surface area (Å²) in [7, 11) is 0. The molecule has 11 heteroatoms. The topological polar surface area (TPSA) is 103 Å². The van der Waals surface area contributed by atoms with E-state index in [-0.39, 0.29) is 43.0 Å². The zero-order chi connectivity index (χ0) is 25.1. The van der Waals surface area contributed by atoms with Crippen LogP contribution in [0.25, 0.3) is 10.9 Å². The number of piperidine rings is 1. The van der Waals surface area contributed by atoms with Gasteiger partial charge in [0.2, 0.25) is 11.8 Å². The number of hydrogen-bond acceptors (Lipinski definition) is 7. The molecule has 1 saturated heterocycles. The lowest BCUT2D eigenvalue weighted by atomic mass is 9.96. The number of benzene rings is 2. The molecule has 1 amide bonds. The van der Waals surface area contributed by atoms with E-state index in [1.54, 1.807) is 29.3 Å². The minimum atomic E-state index is -0.337. The van der Waals surface area contributed by atoms with Crippen LogP contribution < -0.4 is 4.74 Å². The quantitative estimate of drug-likeness (QED) is 0.356. The van der Waals surface area contributed by atoms with Gasteiger partial charge in [0.25, 0.3) is 5.89 Å². The first-order valence-corrected chi connectivity index (χ1v) is 12.0. The fraction of sp³-hybridized carbons (Fsp3) is 0.320. The van der Waals surface area contributed by atoms with E-state index in [2.05, 4.69) is 15.2 Å². The minimum Gasteiger partial charge on any atom is -0.484 e. The maximum atomic E-state index is 13.0. The molecule has 4 aromatic rings. The molecule has 9 nitrogen and oxygen atoms in total. The first-order chi connectivity index (χ1) is 17.5. The van der Waals surface area contributed by atoms with Crippen molar-refractivity contribution in [3.8, 4) is 5.75 Å². The maximum Gasteiger partial charge on any atom is 0.264 e. The minimum absolute atomic E-state index is 0.0598. The molecular formula is C25H23ClFN5O4. The highest BCUT2D eigenvalue weighted by molar-refractivity contribution is 6.35. The van der Waals surface area contributed by atoms with Gasteiger partial charge in [-0.25, -0.2) is 9.07 Å². The SMILES string of the molecule is O=C(CCC(=O)n1ncc2c(Cl)cccc21)N1CCC(c2noc(COc3ccc(F)cc3)n2)CC1. The Morgan fingerprint density at radius 1 is 1.08 bits per heavy atom. The van der Waals surface area contributed by atoms with Crippen LogP contribution in [0.3, 0.4) is 0 Å².